The van der Waals surface area contributed by atoms with Crippen LogP contribution in [0.4, 0.5) is 0 Å². The van der Waals surface area contributed by atoms with Crippen LogP contribution < -0.4 is 5.48 Å². The molecule has 2 N–H and O–H groups in total. The molecule has 2 aliphatic rings. The average Bonchev–Trinajstić information content (AvgIpc) is 2.68. The highest BCUT2D eigenvalue weighted by Gasteiger charge is 2.44. The number of likely N-dealkylation sites (tertiary alicyclic amines) is 1. The highest BCUT2D eigenvalue weighted by atomic mass is 16.5. The van der Waals surface area contributed by atoms with E-state index < -0.39 is 0 Å². The fourth-order valence-electron chi connectivity index (χ4n) is 2.88. The number of likely N-dealkylation sites (N-methyl/N-ethyl adjacent to an activating group) is 1. The van der Waals surface area contributed by atoms with Crippen LogP contribution in [0.15, 0.2) is 0 Å². The summed E-state index contributed by atoms with van der Waals surface area (Å²) >= 11 is 0. The lowest BCUT2D eigenvalue weighted by Crippen LogP contribution is -2.42. The predicted molar refractivity (Wildman–Crippen MR) is 47.2 cm³/mol. The van der Waals surface area contributed by atoms with E-state index in [-0.39, 0.29) is 11.9 Å². The standard InChI is InChI=1S/C9H16N2O2/c1-11-7-4-2-3-6(7)5-8(11)9(12)10-13/h6-8,13H,2-5H2,1H3,(H,10,12)/t6-,7-,8?/m1/s1. The van der Waals surface area contributed by atoms with Crippen molar-refractivity contribution in [3.05, 3.63) is 0 Å². The third kappa shape index (κ3) is 1.34. The van der Waals surface area contributed by atoms with E-state index in [2.05, 4.69) is 4.90 Å². The number of fused-ring (bicyclic) bond motifs is 1. The van der Waals surface area contributed by atoms with Gasteiger partial charge in [0.15, 0.2) is 0 Å². The number of hydroxylamine groups is 1. The van der Waals surface area contributed by atoms with E-state index in [9.17, 15) is 4.79 Å². The van der Waals surface area contributed by atoms with Crippen LogP contribution >= 0.6 is 0 Å². The normalized spacial score (nSPS) is 39.1. The Balaban J connectivity index is 2.06. The molecule has 1 heterocycles. The van der Waals surface area contributed by atoms with E-state index in [0.29, 0.717) is 12.0 Å². The van der Waals surface area contributed by atoms with Crippen molar-refractivity contribution in [1.29, 1.82) is 0 Å². The molecule has 0 bridgehead atoms. The summed E-state index contributed by atoms with van der Waals surface area (Å²) < 4.78 is 0. The molecule has 1 saturated heterocycles. The van der Waals surface area contributed by atoms with Gasteiger partial charge in [0.1, 0.15) is 0 Å². The van der Waals surface area contributed by atoms with Gasteiger partial charge in [-0.15, -0.1) is 0 Å². The Bertz CT molecular complexity index is 220. The Labute approximate surface area is 77.9 Å². The minimum Gasteiger partial charge on any atom is -0.292 e. The van der Waals surface area contributed by atoms with Crippen LogP contribution in [0.3, 0.4) is 0 Å². The van der Waals surface area contributed by atoms with Crippen molar-refractivity contribution in [1.82, 2.24) is 10.4 Å². The van der Waals surface area contributed by atoms with Crippen molar-refractivity contribution in [3.8, 4) is 0 Å². The molecule has 0 spiro atoms. The zero-order valence-corrected chi connectivity index (χ0v) is 7.86. The average molecular weight is 184 g/mol. The van der Waals surface area contributed by atoms with Crippen molar-refractivity contribution >= 4 is 5.91 Å². The van der Waals surface area contributed by atoms with Gasteiger partial charge in [-0.05, 0) is 32.2 Å². The zero-order chi connectivity index (χ0) is 9.42. The molecule has 0 aromatic carbocycles. The summed E-state index contributed by atoms with van der Waals surface area (Å²) in [6.45, 7) is 0. The maximum Gasteiger partial charge on any atom is 0.260 e. The summed E-state index contributed by atoms with van der Waals surface area (Å²) in [6, 6.07) is 0.461. The summed E-state index contributed by atoms with van der Waals surface area (Å²) in [5.74, 6) is 0.421. The maximum atomic E-state index is 11.3. The molecule has 4 heteroatoms. The minimum absolute atomic E-state index is 0.111. The van der Waals surface area contributed by atoms with Crippen LogP contribution in [0.2, 0.25) is 0 Å². The van der Waals surface area contributed by atoms with Crippen molar-refractivity contribution in [2.75, 3.05) is 7.05 Å². The number of rotatable bonds is 1. The molecule has 2 rings (SSSR count). The summed E-state index contributed by atoms with van der Waals surface area (Å²) in [5, 5.41) is 8.55. The number of amides is 1. The fourth-order valence-corrected chi connectivity index (χ4v) is 2.88. The van der Waals surface area contributed by atoms with Gasteiger partial charge in [0.25, 0.3) is 5.91 Å². The SMILES string of the molecule is CN1C(C(=O)NO)C[C@H]2CCC[C@H]21. The van der Waals surface area contributed by atoms with Gasteiger partial charge < -0.3 is 0 Å². The van der Waals surface area contributed by atoms with Gasteiger partial charge in [0.05, 0.1) is 6.04 Å². The van der Waals surface area contributed by atoms with E-state index >= 15 is 0 Å². The van der Waals surface area contributed by atoms with Crippen molar-refractivity contribution in [2.24, 2.45) is 5.92 Å². The molecular formula is C9H16N2O2. The Morgan fingerprint density at radius 1 is 1.54 bits per heavy atom. The number of carbonyl (C=O) groups excluding carboxylic acids is 1. The van der Waals surface area contributed by atoms with Crippen molar-refractivity contribution < 1.29 is 10.0 Å². The van der Waals surface area contributed by atoms with E-state index in [4.69, 9.17) is 5.21 Å². The third-order valence-corrected chi connectivity index (χ3v) is 3.57. The van der Waals surface area contributed by atoms with E-state index in [1.165, 1.54) is 19.3 Å². The van der Waals surface area contributed by atoms with Crippen LogP contribution in [0.25, 0.3) is 0 Å². The second kappa shape index (κ2) is 3.27. The smallest absolute Gasteiger partial charge is 0.260 e. The van der Waals surface area contributed by atoms with Gasteiger partial charge in [-0.25, -0.2) is 5.48 Å². The molecule has 1 aliphatic heterocycles. The molecule has 2 fully saturated rings. The van der Waals surface area contributed by atoms with Crippen LogP contribution in [-0.4, -0.2) is 35.1 Å². The molecule has 3 atom stereocenters. The van der Waals surface area contributed by atoms with Crippen LogP contribution in [-0.2, 0) is 4.79 Å². The topological polar surface area (TPSA) is 52.6 Å². The maximum absolute atomic E-state index is 11.3. The van der Waals surface area contributed by atoms with Gasteiger partial charge in [-0.1, -0.05) is 6.42 Å². The second-order valence-electron chi connectivity index (χ2n) is 4.15. The molecule has 0 aromatic rings. The van der Waals surface area contributed by atoms with E-state index in [1.807, 2.05) is 7.05 Å². The summed E-state index contributed by atoms with van der Waals surface area (Å²) in [5.41, 5.74) is 1.75. The largest absolute Gasteiger partial charge is 0.292 e. The third-order valence-electron chi connectivity index (χ3n) is 3.57. The quantitative estimate of drug-likeness (QED) is 0.457. The highest BCUT2D eigenvalue weighted by molar-refractivity contribution is 5.81. The first-order chi connectivity index (χ1) is 6.24. The number of hydrogen-bond donors (Lipinski definition) is 2. The van der Waals surface area contributed by atoms with Crippen molar-refractivity contribution in [2.45, 2.75) is 37.8 Å². The molecular weight excluding hydrogens is 168 g/mol. The first-order valence-electron chi connectivity index (χ1n) is 4.90. The molecule has 1 aliphatic carbocycles. The van der Waals surface area contributed by atoms with Gasteiger partial charge in [-0.3, -0.25) is 14.9 Å². The second-order valence-corrected chi connectivity index (χ2v) is 4.15. The number of carbonyl (C=O) groups is 1. The van der Waals surface area contributed by atoms with E-state index in [0.717, 1.165) is 6.42 Å². The summed E-state index contributed by atoms with van der Waals surface area (Å²) in [6.07, 6.45) is 4.64. The number of hydrogen-bond acceptors (Lipinski definition) is 3. The minimum atomic E-state index is -0.253. The molecule has 1 amide bonds. The first-order valence-corrected chi connectivity index (χ1v) is 4.90. The Hall–Kier alpha value is -0.610. The van der Waals surface area contributed by atoms with Crippen LogP contribution in [0.5, 0.6) is 0 Å². The lowest BCUT2D eigenvalue weighted by molar-refractivity contribution is -0.133. The molecule has 1 saturated carbocycles. The predicted octanol–water partition coefficient (Wildman–Crippen LogP) is 0.365. The van der Waals surface area contributed by atoms with Gasteiger partial charge in [-0.2, -0.15) is 0 Å². The van der Waals surface area contributed by atoms with Crippen molar-refractivity contribution in [3.63, 3.8) is 0 Å². The molecule has 74 valence electrons. The molecule has 0 radical (unpaired) electrons. The molecule has 0 aromatic heterocycles. The zero-order valence-electron chi connectivity index (χ0n) is 7.86. The van der Waals surface area contributed by atoms with Gasteiger partial charge >= 0.3 is 0 Å². The first kappa shape index (κ1) is 8.97. The lowest BCUT2D eigenvalue weighted by atomic mass is 10.0. The van der Waals surface area contributed by atoms with E-state index in [1.54, 1.807) is 5.48 Å². The number of nitrogens with one attached hydrogen (secondary N) is 1. The molecule has 1 unspecified atom stereocenters. The summed E-state index contributed by atoms with van der Waals surface area (Å²) in [4.78, 5) is 13.4. The Kier molecular flexibility index (Phi) is 2.26. The Morgan fingerprint density at radius 2 is 2.31 bits per heavy atom. The summed E-state index contributed by atoms with van der Waals surface area (Å²) in [7, 11) is 1.98. The Morgan fingerprint density at radius 3 is 2.92 bits per heavy atom. The van der Waals surface area contributed by atoms with Gasteiger partial charge in [0.2, 0.25) is 0 Å². The number of nitrogens with zero attached hydrogens (tertiary/aromatic N) is 1. The molecule has 13 heavy (non-hydrogen) atoms. The highest BCUT2D eigenvalue weighted by Crippen LogP contribution is 2.39. The van der Waals surface area contributed by atoms with Gasteiger partial charge in [0, 0.05) is 6.04 Å². The lowest BCUT2D eigenvalue weighted by Gasteiger charge is -2.22. The van der Waals surface area contributed by atoms with Crippen LogP contribution in [0.1, 0.15) is 25.7 Å². The monoisotopic (exact) mass is 184 g/mol. The fraction of sp³-hybridized carbons (Fsp3) is 0.889. The molecule has 4 nitrogen and oxygen atoms in total. The van der Waals surface area contributed by atoms with Crippen LogP contribution in [0, 0.1) is 5.92 Å².